The summed E-state index contributed by atoms with van der Waals surface area (Å²) in [6, 6.07) is 13.0. The highest BCUT2D eigenvalue weighted by atomic mass is 32.1. The van der Waals surface area contributed by atoms with Crippen LogP contribution in [0.4, 0.5) is 5.69 Å². The van der Waals surface area contributed by atoms with Crippen molar-refractivity contribution < 1.29 is 14.3 Å². The summed E-state index contributed by atoms with van der Waals surface area (Å²) >= 11 is 1.61. The van der Waals surface area contributed by atoms with Crippen molar-refractivity contribution in [2.24, 2.45) is 0 Å². The van der Waals surface area contributed by atoms with Crippen LogP contribution in [0.25, 0.3) is 10.2 Å². The zero-order valence-electron chi connectivity index (χ0n) is 14.0. The minimum atomic E-state index is -0.426. The summed E-state index contributed by atoms with van der Waals surface area (Å²) in [7, 11) is 1.33. The van der Waals surface area contributed by atoms with Gasteiger partial charge < -0.3 is 10.1 Å². The van der Waals surface area contributed by atoms with Gasteiger partial charge in [0.25, 0.3) is 0 Å². The summed E-state index contributed by atoms with van der Waals surface area (Å²) in [6.45, 7) is 1.88. The summed E-state index contributed by atoms with van der Waals surface area (Å²) in [5.41, 5.74) is 2.89. The lowest BCUT2D eigenvalue weighted by molar-refractivity contribution is -0.116. The van der Waals surface area contributed by atoms with E-state index < -0.39 is 5.97 Å². The molecule has 0 aliphatic carbocycles. The SMILES string of the molecule is COC(=O)c1ccc(C)c(NC(=O)CCc2nc3ccccc3s2)c1. The van der Waals surface area contributed by atoms with Gasteiger partial charge in [0.15, 0.2) is 0 Å². The maximum atomic E-state index is 12.3. The summed E-state index contributed by atoms with van der Waals surface area (Å²) in [6.07, 6.45) is 0.919. The number of aryl methyl sites for hydroxylation is 2. The number of nitrogens with zero attached hydrogens (tertiary/aromatic N) is 1. The first kappa shape index (κ1) is 17.1. The fourth-order valence-corrected chi connectivity index (χ4v) is 3.43. The van der Waals surface area contributed by atoms with Crippen molar-refractivity contribution in [1.29, 1.82) is 0 Å². The maximum Gasteiger partial charge on any atom is 0.337 e. The van der Waals surface area contributed by atoms with E-state index in [1.807, 2.05) is 31.2 Å². The minimum Gasteiger partial charge on any atom is -0.465 e. The fourth-order valence-electron chi connectivity index (χ4n) is 2.46. The van der Waals surface area contributed by atoms with E-state index in [2.05, 4.69) is 10.3 Å². The molecular weight excluding hydrogens is 336 g/mol. The number of hydrogen-bond donors (Lipinski definition) is 1. The first-order valence-corrected chi connectivity index (χ1v) is 8.72. The van der Waals surface area contributed by atoms with Crippen molar-refractivity contribution in [3.63, 3.8) is 0 Å². The topological polar surface area (TPSA) is 68.3 Å². The lowest BCUT2D eigenvalue weighted by Gasteiger charge is -2.09. The van der Waals surface area contributed by atoms with Crippen LogP contribution in [0.5, 0.6) is 0 Å². The summed E-state index contributed by atoms with van der Waals surface area (Å²) < 4.78 is 5.84. The summed E-state index contributed by atoms with van der Waals surface area (Å²) in [4.78, 5) is 28.4. The van der Waals surface area contributed by atoms with Gasteiger partial charge in [-0.2, -0.15) is 0 Å². The predicted molar refractivity (Wildman–Crippen MR) is 99.1 cm³/mol. The van der Waals surface area contributed by atoms with Crippen LogP contribution < -0.4 is 5.32 Å². The maximum absolute atomic E-state index is 12.3. The first-order valence-electron chi connectivity index (χ1n) is 7.90. The Morgan fingerprint density at radius 2 is 2.00 bits per heavy atom. The van der Waals surface area contributed by atoms with Crippen LogP contribution in [0, 0.1) is 6.92 Å². The van der Waals surface area contributed by atoms with Gasteiger partial charge in [0.05, 0.1) is 27.9 Å². The lowest BCUT2D eigenvalue weighted by atomic mass is 10.1. The van der Waals surface area contributed by atoms with Gasteiger partial charge in [-0.05, 0) is 36.8 Å². The number of aromatic nitrogens is 1. The van der Waals surface area contributed by atoms with Gasteiger partial charge >= 0.3 is 5.97 Å². The lowest BCUT2D eigenvalue weighted by Crippen LogP contribution is -2.14. The van der Waals surface area contributed by atoms with Crippen molar-refractivity contribution >= 4 is 39.1 Å². The van der Waals surface area contributed by atoms with Gasteiger partial charge in [-0.15, -0.1) is 11.3 Å². The number of benzene rings is 2. The van der Waals surface area contributed by atoms with Crippen molar-refractivity contribution in [2.45, 2.75) is 19.8 Å². The number of ether oxygens (including phenoxy) is 1. The Bertz CT molecular complexity index is 900. The predicted octanol–water partition coefficient (Wildman–Crippen LogP) is 3.96. The highest BCUT2D eigenvalue weighted by molar-refractivity contribution is 7.18. The molecule has 6 heteroatoms. The van der Waals surface area contributed by atoms with Crippen molar-refractivity contribution in [3.05, 3.63) is 58.6 Å². The summed E-state index contributed by atoms with van der Waals surface area (Å²) in [5.74, 6) is -0.533. The quantitative estimate of drug-likeness (QED) is 0.704. The second-order valence-corrected chi connectivity index (χ2v) is 6.76. The summed E-state index contributed by atoms with van der Waals surface area (Å²) in [5, 5.41) is 3.80. The van der Waals surface area contributed by atoms with E-state index in [0.717, 1.165) is 20.8 Å². The standard InChI is InChI=1S/C19H18N2O3S/c1-12-7-8-13(19(23)24-2)11-15(12)20-17(22)9-10-18-21-14-5-3-4-6-16(14)25-18/h3-8,11H,9-10H2,1-2H3,(H,20,22). The van der Waals surface area contributed by atoms with E-state index in [-0.39, 0.29) is 5.91 Å². The van der Waals surface area contributed by atoms with Gasteiger partial charge in [0, 0.05) is 18.5 Å². The molecule has 128 valence electrons. The molecule has 1 heterocycles. The molecule has 0 saturated carbocycles. The Kier molecular flexibility index (Phi) is 5.09. The van der Waals surface area contributed by atoms with Crippen LogP contribution in [0.15, 0.2) is 42.5 Å². The van der Waals surface area contributed by atoms with E-state index in [0.29, 0.717) is 24.1 Å². The Morgan fingerprint density at radius 3 is 2.76 bits per heavy atom. The van der Waals surface area contributed by atoms with E-state index in [4.69, 9.17) is 4.74 Å². The highest BCUT2D eigenvalue weighted by Gasteiger charge is 2.11. The van der Waals surface area contributed by atoms with E-state index in [1.54, 1.807) is 29.5 Å². The molecule has 1 N–H and O–H groups in total. The number of nitrogens with one attached hydrogen (secondary N) is 1. The number of amides is 1. The number of para-hydroxylation sites is 1. The van der Waals surface area contributed by atoms with Gasteiger partial charge in [-0.1, -0.05) is 18.2 Å². The molecule has 0 radical (unpaired) electrons. The molecule has 3 aromatic rings. The van der Waals surface area contributed by atoms with E-state index in [1.165, 1.54) is 7.11 Å². The molecule has 0 aliphatic rings. The molecule has 0 spiro atoms. The molecule has 0 aliphatic heterocycles. The van der Waals surface area contributed by atoms with Gasteiger partial charge in [-0.25, -0.2) is 9.78 Å². The first-order chi connectivity index (χ1) is 12.1. The second kappa shape index (κ2) is 7.44. The molecule has 0 bridgehead atoms. The van der Waals surface area contributed by atoms with Crippen LogP contribution in [-0.2, 0) is 16.0 Å². The Labute approximate surface area is 149 Å². The van der Waals surface area contributed by atoms with E-state index >= 15 is 0 Å². The zero-order valence-corrected chi connectivity index (χ0v) is 14.9. The van der Waals surface area contributed by atoms with Crippen molar-refractivity contribution in [1.82, 2.24) is 4.98 Å². The Hall–Kier alpha value is -2.73. The number of carbonyl (C=O) groups is 2. The molecule has 1 amide bonds. The van der Waals surface area contributed by atoms with E-state index in [9.17, 15) is 9.59 Å². The number of anilines is 1. The number of fused-ring (bicyclic) bond motifs is 1. The smallest absolute Gasteiger partial charge is 0.337 e. The molecule has 2 aromatic carbocycles. The van der Waals surface area contributed by atoms with Crippen LogP contribution in [0.2, 0.25) is 0 Å². The number of esters is 1. The second-order valence-electron chi connectivity index (χ2n) is 5.64. The molecule has 0 unspecified atom stereocenters. The van der Waals surface area contributed by atoms with Gasteiger partial charge in [-0.3, -0.25) is 4.79 Å². The monoisotopic (exact) mass is 354 g/mol. The normalized spacial score (nSPS) is 10.6. The fraction of sp³-hybridized carbons (Fsp3) is 0.211. The highest BCUT2D eigenvalue weighted by Crippen LogP contribution is 2.23. The Balaban J connectivity index is 1.65. The molecule has 0 fully saturated rings. The van der Waals surface area contributed by atoms with Gasteiger partial charge in [0.1, 0.15) is 0 Å². The Morgan fingerprint density at radius 1 is 1.20 bits per heavy atom. The molecular formula is C19H18N2O3S. The molecule has 0 atom stereocenters. The van der Waals surface area contributed by atoms with Crippen molar-refractivity contribution in [3.8, 4) is 0 Å². The molecule has 0 saturated heterocycles. The zero-order chi connectivity index (χ0) is 17.8. The number of rotatable bonds is 5. The van der Waals surface area contributed by atoms with Crippen LogP contribution in [-0.4, -0.2) is 24.0 Å². The number of carbonyl (C=O) groups excluding carboxylic acids is 2. The third-order valence-electron chi connectivity index (χ3n) is 3.84. The molecule has 1 aromatic heterocycles. The third-order valence-corrected chi connectivity index (χ3v) is 4.93. The average molecular weight is 354 g/mol. The number of thiazole rings is 1. The minimum absolute atomic E-state index is 0.107. The van der Waals surface area contributed by atoms with Gasteiger partial charge in [0.2, 0.25) is 5.91 Å². The average Bonchev–Trinajstić information content (AvgIpc) is 3.04. The number of hydrogen-bond acceptors (Lipinski definition) is 5. The third kappa shape index (κ3) is 4.03. The van der Waals surface area contributed by atoms with Crippen LogP contribution >= 0.6 is 11.3 Å². The molecule has 25 heavy (non-hydrogen) atoms. The van der Waals surface area contributed by atoms with Crippen molar-refractivity contribution in [2.75, 3.05) is 12.4 Å². The largest absolute Gasteiger partial charge is 0.465 e. The van der Waals surface area contributed by atoms with Crippen LogP contribution in [0.1, 0.15) is 27.3 Å². The molecule has 3 rings (SSSR count). The molecule has 5 nitrogen and oxygen atoms in total. The van der Waals surface area contributed by atoms with Crippen LogP contribution in [0.3, 0.4) is 0 Å². The number of methoxy groups -OCH3 is 1.